The summed E-state index contributed by atoms with van der Waals surface area (Å²) in [6, 6.07) is 2.60. The number of amides is 1. The van der Waals surface area contributed by atoms with Crippen LogP contribution < -0.4 is 16.8 Å². The smallest absolute Gasteiger partial charge is 0.382 e. The Kier molecular flexibility index (Phi) is 4.58. The molecule has 5 N–H and O–H groups in total. The van der Waals surface area contributed by atoms with Crippen LogP contribution in [0.4, 0.5) is 18.9 Å². The van der Waals surface area contributed by atoms with Gasteiger partial charge in [-0.25, -0.2) is 0 Å². The zero-order valence-corrected chi connectivity index (χ0v) is 10.7. The summed E-state index contributed by atoms with van der Waals surface area (Å²) in [6.07, 6.45) is -4.50. The number of anilines is 1. The summed E-state index contributed by atoms with van der Waals surface area (Å²) in [5.74, 6) is -0.784. The zero-order chi connectivity index (χ0) is 13.9. The first-order chi connectivity index (χ1) is 8.21. The van der Waals surface area contributed by atoms with E-state index in [1.165, 1.54) is 12.1 Å². The van der Waals surface area contributed by atoms with Crippen LogP contribution in [0.2, 0.25) is 0 Å². The van der Waals surface area contributed by atoms with Gasteiger partial charge in [-0.1, -0.05) is 15.9 Å². The third-order valence-corrected chi connectivity index (χ3v) is 2.66. The number of hydrogen-bond donors (Lipinski definition) is 3. The highest BCUT2D eigenvalue weighted by Crippen LogP contribution is 2.36. The number of carbonyl (C=O) groups is 1. The Bertz CT molecular complexity index is 450. The van der Waals surface area contributed by atoms with Crippen LogP contribution in [-0.4, -0.2) is 18.5 Å². The Labute approximate surface area is 110 Å². The molecule has 4 nitrogen and oxygen atoms in total. The average molecular weight is 326 g/mol. The van der Waals surface area contributed by atoms with E-state index >= 15 is 0 Å². The fourth-order valence-corrected chi connectivity index (χ4v) is 1.59. The predicted molar refractivity (Wildman–Crippen MR) is 64.8 cm³/mol. The van der Waals surface area contributed by atoms with Gasteiger partial charge in [-0.2, -0.15) is 13.2 Å². The van der Waals surface area contributed by atoms with Crippen molar-refractivity contribution in [3.63, 3.8) is 0 Å². The monoisotopic (exact) mass is 325 g/mol. The molecule has 0 saturated heterocycles. The maximum atomic E-state index is 12.7. The Morgan fingerprint density at radius 1 is 1.44 bits per heavy atom. The minimum absolute atomic E-state index is 0.151. The molecule has 0 saturated carbocycles. The van der Waals surface area contributed by atoms with E-state index in [-0.39, 0.29) is 12.2 Å². The highest BCUT2D eigenvalue weighted by atomic mass is 79.9. The van der Waals surface area contributed by atoms with Crippen LogP contribution in [-0.2, 0) is 11.0 Å². The van der Waals surface area contributed by atoms with E-state index in [0.29, 0.717) is 4.47 Å². The highest BCUT2D eigenvalue weighted by molar-refractivity contribution is 9.10. The van der Waals surface area contributed by atoms with Gasteiger partial charge in [0.25, 0.3) is 0 Å². The second-order valence-corrected chi connectivity index (χ2v) is 4.49. The molecule has 0 fully saturated rings. The molecule has 1 aromatic carbocycles. The normalized spacial score (nSPS) is 13.2. The molecule has 100 valence electrons. The quantitative estimate of drug-likeness (QED) is 0.788. The second kappa shape index (κ2) is 5.57. The Balaban J connectivity index is 2.92. The van der Waals surface area contributed by atoms with Crippen molar-refractivity contribution >= 4 is 27.5 Å². The highest BCUT2D eigenvalue weighted by Gasteiger charge is 2.33. The minimum Gasteiger partial charge on any atom is -0.382 e. The van der Waals surface area contributed by atoms with Crippen molar-refractivity contribution in [1.82, 2.24) is 0 Å². The number of hydrogen-bond acceptors (Lipinski definition) is 3. The summed E-state index contributed by atoms with van der Waals surface area (Å²) < 4.78 is 38.5. The van der Waals surface area contributed by atoms with Crippen LogP contribution in [0.3, 0.4) is 0 Å². The molecule has 0 aliphatic heterocycles. The lowest BCUT2D eigenvalue weighted by Gasteiger charge is -2.16. The molecular formula is C10H11BrF3N3O. The molecule has 0 heterocycles. The minimum atomic E-state index is -4.50. The Hall–Kier alpha value is -1.28. The molecule has 1 atom stereocenters. The van der Waals surface area contributed by atoms with E-state index in [0.717, 1.165) is 6.07 Å². The van der Waals surface area contributed by atoms with E-state index in [4.69, 9.17) is 11.5 Å². The molecule has 1 unspecified atom stereocenters. The summed E-state index contributed by atoms with van der Waals surface area (Å²) in [4.78, 5) is 10.7. The molecule has 8 heteroatoms. The number of nitrogens with one attached hydrogen (secondary N) is 1. The summed E-state index contributed by atoms with van der Waals surface area (Å²) >= 11 is 2.97. The first kappa shape index (κ1) is 14.8. The van der Waals surface area contributed by atoms with Gasteiger partial charge in [0, 0.05) is 16.7 Å². The molecule has 0 bridgehead atoms. The third-order valence-electron chi connectivity index (χ3n) is 2.16. The largest absolute Gasteiger partial charge is 0.418 e. The number of nitrogens with two attached hydrogens (primary N) is 2. The molecule has 0 aliphatic rings. The SMILES string of the molecule is NC(=O)C(N)CNc1ccc(Br)cc1C(F)(F)F. The molecule has 0 aromatic heterocycles. The van der Waals surface area contributed by atoms with Gasteiger partial charge < -0.3 is 16.8 Å². The number of benzene rings is 1. The maximum absolute atomic E-state index is 12.7. The Morgan fingerprint density at radius 2 is 2.06 bits per heavy atom. The zero-order valence-electron chi connectivity index (χ0n) is 9.09. The fourth-order valence-electron chi connectivity index (χ4n) is 1.23. The predicted octanol–water partition coefficient (Wildman–Crippen LogP) is 1.69. The van der Waals surface area contributed by atoms with Gasteiger partial charge in [0.1, 0.15) is 6.04 Å². The van der Waals surface area contributed by atoms with Crippen molar-refractivity contribution < 1.29 is 18.0 Å². The standard InChI is InChI=1S/C10H11BrF3N3O/c11-5-1-2-8(6(3-5)10(12,13)14)17-4-7(15)9(16)18/h1-3,7,17H,4,15H2,(H2,16,18). The molecule has 1 aromatic rings. The number of primary amides is 1. The molecule has 0 radical (unpaired) electrons. The van der Waals surface area contributed by atoms with Gasteiger partial charge in [-0.15, -0.1) is 0 Å². The first-order valence-corrected chi connectivity index (χ1v) is 5.66. The lowest BCUT2D eigenvalue weighted by Crippen LogP contribution is -2.41. The average Bonchev–Trinajstić information content (AvgIpc) is 2.25. The van der Waals surface area contributed by atoms with Crippen molar-refractivity contribution in [1.29, 1.82) is 0 Å². The van der Waals surface area contributed by atoms with E-state index in [9.17, 15) is 18.0 Å². The maximum Gasteiger partial charge on any atom is 0.418 e. The number of rotatable bonds is 4. The fraction of sp³-hybridized carbons (Fsp3) is 0.300. The van der Waals surface area contributed by atoms with Crippen molar-refractivity contribution in [2.45, 2.75) is 12.2 Å². The van der Waals surface area contributed by atoms with Gasteiger partial charge in [0.05, 0.1) is 5.56 Å². The van der Waals surface area contributed by atoms with Crippen molar-refractivity contribution in [2.24, 2.45) is 11.5 Å². The van der Waals surface area contributed by atoms with Crippen LogP contribution >= 0.6 is 15.9 Å². The van der Waals surface area contributed by atoms with Gasteiger partial charge in [0.2, 0.25) is 5.91 Å². The van der Waals surface area contributed by atoms with Crippen LogP contribution in [0, 0.1) is 0 Å². The lowest BCUT2D eigenvalue weighted by molar-refractivity contribution is -0.137. The van der Waals surface area contributed by atoms with E-state index in [1.807, 2.05) is 0 Å². The number of alkyl halides is 3. The van der Waals surface area contributed by atoms with Gasteiger partial charge >= 0.3 is 6.18 Å². The van der Waals surface area contributed by atoms with Crippen LogP contribution in [0.15, 0.2) is 22.7 Å². The summed E-state index contributed by atoms with van der Waals surface area (Å²) in [5.41, 5.74) is 9.25. The lowest BCUT2D eigenvalue weighted by atomic mass is 10.1. The van der Waals surface area contributed by atoms with Crippen molar-refractivity contribution in [2.75, 3.05) is 11.9 Å². The van der Waals surface area contributed by atoms with Crippen LogP contribution in [0.25, 0.3) is 0 Å². The summed E-state index contributed by atoms with van der Waals surface area (Å²) in [6.45, 7) is -0.167. The topological polar surface area (TPSA) is 81.1 Å². The second-order valence-electron chi connectivity index (χ2n) is 3.58. The third kappa shape index (κ3) is 3.88. The van der Waals surface area contributed by atoms with Crippen molar-refractivity contribution in [3.05, 3.63) is 28.2 Å². The first-order valence-electron chi connectivity index (χ1n) is 4.87. The van der Waals surface area contributed by atoms with Gasteiger partial charge in [0.15, 0.2) is 0 Å². The van der Waals surface area contributed by atoms with Crippen LogP contribution in [0.5, 0.6) is 0 Å². The van der Waals surface area contributed by atoms with Gasteiger partial charge in [-0.05, 0) is 18.2 Å². The molecule has 0 aliphatic carbocycles. The summed E-state index contributed by atoms with van der Waals surface area (Å²) in [5, 5.41) is 2.46. The van der Waals surface area contributed by atoms with E-state index in [1.54, 1.807) is 0 Å². The molecule has 18 heavy (non-hydrogen) atoms. The molecular weight excluding hydrogens is 315 g/mol. The van der Waals surface area contributed by atoms with Gasteiger partial charge in [-0.3, -0.25) is 4.79 Å². The van der Waals surface area contributed by atoms with Crippen molar-refractivity contribution in [3.8, 4) is 0 Å². The molecule has 1 rings (SSSR count). The van der Waals surface area contributed by atoms with E-state index < -0.39 is 23.7 Å². The van der Waals surface area contributed by atoms with E-state index in [2.05, 4.69) is 21.2 Å². The van der Waals surface area contributed by atoms with Crippen LogP contribution in [0.1, 0.15) is 5.56 Å². The number of carbonyl (C=O) groups excluding carboxylic acids is 1. The summed E-state index contributed by atoms with van der Waals surface area (Å²) in [7, 11) is 0. The number of halogens is 4. The molecule has 0 spiro atoms. The molecule has 1 amide bonds. The Morgan fingerprint density at radius 3 is 2.56 bits per heavy atom.